The SMILES string of the molecule is NC(=O)C1CCCn2c1nn(Cc1ccc(F)cc1Cl)c2=O. The third-order valence-electron chi connectivity index (χ3n) is 3.82. The lowest BCUT2D eigenvalue weighted by molar-refractivity contribution is -0.120. The van der Waals surface area contributed by atoms with Crippen LogP contribution in [0.5, 0.6) is 0 Å². The topological polar surface area (TPSA) is 82.9 Å². The number of hydrogen-bond acceptors (Lipinski definition) is 3. The second-order valence-corrected chi connectivity index (χ2v) is 5.69. The highest BCUT2D eigenvalue weighted by molar-refractivity contribution is 6.31. The first-order chi connectivity index (χ1) is 10.5. The van der Waals surface area contributed by atoms with Crippen LogP contribution in [0.3, 0.4) is 0 Å². The van der Waals surface area contributed by atoms with Gasteiger partial charge in [-0.2, -0.15) is 5.10 Å². The predicted octanol–water partition coefficient (Wildman–Crippen LogP) is 1.25. The van der Waals surface area contributed by atoms with Crippen molar-refractivity contribution in [1.82, 2.24) is 14.3 Å². The number of carbonyl (C=O) groups is 1. The zero-order valence-electron chi connectivity index (χ0n) is 11.6. The van der Waals surface area contributed by atoms with E-state index in [-0.39, 0.29) is 17.3 Å². The van der Waals surface area contributed by atoms with Gasteiger partial charge in [-0.3, -0.25) is 9.36 Å². The van der Waals surface area contributed by atoms with Crippen LogP contribution in [0.2, 0.25) is 5.02 Å². The first kappa shape index (κ1) is 14.8. The summed E-state index contributed by atoms with van der Waals surface area (Å²) in [6.45, 7) is 0.624. The molecule has 8 heteroatoms. The number of benzene rings is 1. The number of amides is 1. The van der Waals surface area contributed by atoms with E-state index in [1.807, 2.05) is 0 Å². The number of halogens is 2. The van der Waals surface area contributed by atoms with E-state index in [0.29, 0.717) is 30.8 Å². The summed E-state index contributed by atoms with van der Waals surface area (Å²) in [5, 5.41) is 4.45. The Balaban J connectivity index is 1.99. The molecule has 0 aliphatic carbocycles. The maximum absolute atomic E-state index is 13.1. The predicted molar refractivity (Wildman–Crippen MR) is 78.2 cm³/mol. The van der Waals surface area contributed by atoms with E-state index in [2.05, 4.69) is 5.10 Å². The van der Waals surface area contributed by atoms with Gasteiger partial charge in [-0.1, -0.05) is 17.7 Å². The van der Waals surface area contributed by atoms with Crippen LogP contribution in [-0.4, -0.2) is 20.3 Å². The third kappa shape index (κ3) is 2.52. The second kappa shape index (κ2) is 5.57. The minimum absolute atomic E-state index is 0.115. The third-order valence-corrected chi connectivity index (χ3v) is 4.17. The maximum atomic E-state index is 13.1. The van der Waals surface area contributed by atoms with E-state index in [0.717, 1.165) is 0 Å². The molecule has 116 valence electrons. The number of hydrogen-bond donors (Lipinski definition) is 1. The molecule has 2 heterocycles. The number of nitrogens with two attached hydrogens (primary N) is 1. The van der Waals surface area contributed by atoms with Crippen LogP contribution in [0.4, 0.5) is 4.39 Å². The summed E-state index contributed by atoms with van der Waals surface area (Å²) < 4.78 is 15.8. The van der Waals surface area contributed by atoms with E-state index in [4.69, 9.17) is 17.3 Å². The molecule has 3 rings (SSSR count). The molecule has 1 unspecified atom stereocenters. The Morgan fingerprint density at radius 1 is 1.50 bits per heavy atom. The van der Waals surface area contributed by atoms with Crippen LogP contribution in [0.1, 0.15) is 30.1 Å². The average Bonchev–Trinajstić information content (AvgIpc) is 2.78. The Morgan fingerprint density at radius 3 is 2.95 bits per heavy atom. The molecular weight excluding hydrogens is 311 g/mol. The lowest BCUT2D eigenvalue weighted by Crippen LogP contribution is -2.32. The van der Waals surface area contributed by atoms with Gasteiger partial charge in [0.1, 0.15) is 11.6 Å². The molecule has 1 aromatic heterocycles. The van der Waals surface area contributed by atoms with Gasteiger partial charge in [0.15, 0.2) is 0 Å². The molecule has 0 radical (unpaired) electrons. The molecule has 0 spiro atoms. The van der Waals surface area contributed by atoms with Gasteiger partial charge in [0.2, 0.25) is 5.91 Å². The van der Waals surface area contributed by atoms with Gasteiger partial charge in [0.05, 0.1) is 12.5 Å². The van der Waals surface area contributed by atoms with E-state index in [9.17, 15) is 14.0 Å². The van der Waals surface area contributed by atoms with Crippen molar-refractivity contribution in [1.29, 1.82) is 0 Å². The Bertz CT molecular complexity index is 799. The summed E-state index contributed by atoms with van der Waals surface area (Å²) in [5.41, 5.74) is 5.63. The fraction of sp³-hybridized carbons (Fsp3) is 0.357. The molecule has 1 aliphatic rings. The van der Waals surface area contributed by atoms with Crippen LogP contribution in [0.25, 0.3) is 0 Å². The molecule has 0 saturated carbocycles. The van der Waals surface area contributed by atoms with Crippen molar-refractivity contribution in [3.8, 4) is 0 Å². The summed E-state index contributed by atoms with van der Waals surface area (Å²) in [6.07, 6.45) is 1.28. The number of primary amides is 1. The van der Waals surface area contributed by atoms with Crippen LogP contribution in [0.15, 0.2) is 23.0 Å². The smallest absolute Gasteiger partial charge is 0.346 e. The molecule has 6 nitrogen and oxygen atoms in total. The number of fused-ring (bicyclic) bond motifs is 1. The van der Waals surface area contributed by atoms with Crippen LogP contribution in [0, 0.1) is 5.82 Å². The van der Waals surface area contributed by atoms with Gasteiger partial charge in [-0.15, -0.1) is 0 Å². The normalized spacial score (nSPS) is 17.3. The zero-order valence-corrected chi connectivity index (χ0v) is 12.4. The second-order valence-electron chi connectivity index (χ2n) is 5.28. The lowest BCUT2D eigenvalue weighted by atomic mass is 9.98. The fourth-order valence-electron chi connectivity index (χ4n) is 2.69. The largest absolute Gasteiger partial charge is 0.369 e. The van der Waals surface area contributed by atoms with Crippen molar-refractivity contribution >= 4 is 17.5 Å². The van der Waals surface area contributed by atoms with E-state index in [1.165, 1.54) is 27.4 Å². The van der Waals surface area contributed by atoms with Crippen LogP contribution in [-0.2, 0) is 17.9 Å². The van der Waals surface area contributed by atoms with E-state index >= 15 is 0 Å². The number of carbonyl (C=O) groups excluding carboxylic acids is 1. The quantitative estimate of drug-likeness (QED) is 0.922. The van der Waals surface area contributed by atoms with Gasteiger partial charge >= 0.3 is 5.69 Å². The highest BCUT2D eigenvalue weighted by Gasteiger charge is 2.29. The monoisotopic (exact) mass is 324 g/mol. The number of aromatic nitrogens is 3. The standard InChI is InChI=1S/C14H14ClFN4O2/c15-11-6-9(16)4-3-8(11)7-20-14(22)19-5-1-2-10(12(17)21)13(19)18-20/h3-4,6,10H,1-2,5,7H2,(H2,17,21). The Labute approximate surface area is 130 Å². The summed E-state index contributed by atoms with van der Waals surface area (Å²) in [7, 11) is 0. The van der Waals surface area contributed by atoms with Crippen LogP contribution < -0.4 is 11.4 Å². The molecular formula is C14H14ClFN4O2. The van der Waals surface area contributed by atoms with E-state index < -0.39 is 17.6 Å². The molecule has 22 heavy (non-hydrogen) atoms. The van der Waals surface area contributed by atoms with Gasteiger partial charge < -0.3 is 5.73 Å². The van der Waals surface area contributed by atoms with Gasteiger partial charge in [-0.25, -0.2) is 13.9 Å². The minimum Gasteiger partial charge on any atom is -0.369 e. The molecule has 1 aliphatic heterocycles. The Hall–Kier alpha value is -2.15. The van der Waals surface area contributed by atoms with Gasteiger partial charge in [-0.05, 0) is 30.5 Å². The first-order valence-electron chi connectivity index (χ1n) is 6.88. The Morgan fingerprint density at radius 2 is 2.27 bits per heavy atom. The van der Waals surface area contributed by atoms with Gasteiger partial charge in [0, 0.05) is 11.6 Å². The Kier molecular flexibility index (Phi) is 3.74. The molecule has 1 amide bonds. The summed E-state index contributed by atoms with van der Waals surface area (Å²) in [5.74, 6) is -1.09. The molecule has 2 aromatic rings. The number of nitrogens with zero attached hydrogens (tertiary/aromatic N) is 3. The maximum Gasteiger partial charge on any atom is 0.346 e. The fourth-order valence-corrected chi connectivity index (χ4v) is 2.92. The van der Waals surface area contributed by atoms with Gasteiger partial charge in [0.25, 0.3) is 0 Å². The highest BCUT2D eigenvalue weighted by atomic mass is 35.5. The highest BCUT2D eigenvalue weighted by Crippen LogP contribution is 2.24. The molecule has 0 bridgehead atoms. The lowest BCUT2D eigenvalue weighted by Gasteiger charge is -2.18. The molecule has 1 atom stereocenters. The van der Waals surface area contributed by atoms with Crippen LogP contribution >= 0.6 is 11.6 Å². The van der Waals surface area contributed by atoms with Crippen molar-refractivity contribution in [3.05, 3.63) is 50.9 Å². The van der Waals surface area contributed by atoms with Crippen molar-refractivity contribution in [2.45, 2.75) is 31.8 Å². The van der Waals surface area contributed by atoms with E-state index in [1.54, 1.807) is 0 Å². The molecule has 2 N–H and O–H groups in total. The van der Waals surface area contributed by atoms with Crippen molar-refractivity contribution < 1.29 is 9.18 Å². The average molecular weight is 325 g/mol. The van der Waals surface area contributed by atoms with Crippen molar-refractivity contribution in [2.75, 3.05) is 0 Å². The minimum atomic E-state index is -0.550. The first-order valence-corrected chi connectivity index (χ1v) is 7.26. The van der Waals surface area contributed by atoms with Crippen molar-refractivity contribution in [3.63, 3.8) is 0 Å². The zero-order chi connectivity index (χ0) is 15.9. The molecule has 1 aromatic carbocycles. The number of rotatable bonds is 3. The summed E-state index contributed by atoms with van der Waals surface area (Å²) in [4.78, 5) is 23.8. The van der Waals surface area contributed by atoms with Crippen molar-refractivity contribution in [2.24, 2.45) is 5.73 Å². The molecule has 0 saturated heterocycles. The molecule has 0 fully saturated rings. The summed E-state index contributed by atoms with van der Waals surface area (Å²) >= 11 is 5.97. The summed E-state index contributed by atoms with van der Waals surface area (Å²) in [6, 6.07) is 3.96.